The average molecular weight is 661 g/mol. The number of carbonyl (C=O) groups excluding carboxylic acids is 5. The molecule has 1 aliphatic heterocycles. The van der Waals surface area contributed by atoms with Crippen LogP contribution in [0.3, 0.4) is 0 Å². The lowest BCUT2D eigenvalue weighted by Gasteiger charge is -2.37. The van der Waals surface area contributed by atoms with Crippen LogP contribution in [0.4, 0.5) is 8.78 Å². The zero-order chi connectivity index (χ0) is 34.6. The highest BCUT2D eigenvalue weighted by Crippen LogP contribution is 2.44. The smallest absolute Gasteiger partial charge is 0.246 e. The molecule has 47 heavy (non-hydrogen) atoms. The van der Waals surface area contributed by atoms with E-state index in [4.69, 9.17) is 0 Å². The summed E-state index contributed by atoms with van der Waals surface area (Å²) in [6.45, 7) is 9.34. The Balaban J connectivity index is 1.54. The van der Waals surface area contributed by atoms with Gasteiger partial charge in [0.2, 0.25) is 18.2 Å². The van der Waals surface area contributed by atoms with Crippen LogP contribution in [0.2, 0.25) is 0 Å². The number of nitrogens with one attached hydrogen (secondary N) is 1. The minimum absolute atomic E-state index is 0.0483. The third-order valence-electron chi connectivity index (χ3n) is 10.2. The third-order valence-corrected chi connectivity index (χ3v) is 10.2. The molecule has 10 nitrogen and oxygen atoms in total. The Labute approximate surface area is 275 Å². The van der Waals surface area contributed by atoms with Crippen LogP contribution in [0.25, 0.3) is 0 Å². The summed E-state index contributed by atoms with van der Waals surface area (Å²) in [5, 5.41) is 13.7. The summed E-state index contributed by atoms with van der Waals surface area (Å²) in [5.41, 5.74) is -0.637. The number of Topliss-reactive ketones (excluding diaryl/α,β-unsaturated/α-hetero) is 3. The van der Waals surface area contributed by atoms with Crippen molar-refractivity contribution in [2.45, 2.75) is 117 Å². The molecular formula is C35H50F2N4O6. The maximum absolute atomic E-state index is 14.4. The van der Waals surface area contributed by atoms with E-state index in [2.05, 4.69) is 15.3 Å². The van der Waals surface area contributed by atoms with Gasteiger partial charge in [-0.2, -0.15) is 0 Å². The zero-order valence-corrected chi connectivity index (χ0v) is 28.2. The van der Waals surface area contributed by atoms with Gasteiger partial charge in [0.1, 0.15) is 17.8 Å². The molecule has 1 aromatic rings. The van der Waals surface area contributed by atoms with Crippen molar-refractivity contribution in [3.05, 3.63) is 24.3 Å². The van der Waals surface area contributed by atoms with Gasteiger partial charge < -0.3 is 15.3 Å². The Hall–Kier alpha value is -3.15. The van der Waals surface area contributed by atoms with Crippen LogP contribution in [-0.2, 0) is 19.2 Å². The number of ketones is 3. The number of aromatic nitrogens is 2. The van der Waals surface area contributed by atoms with Gasteiger partial charge in [0.15, 0.2) is 17.3 Å². The maximum atomic E-state index is 14.4. The fraction of sp³-hybridized carbons (Fsp3) is 0.743. The van der Waals surface area contributed by atoms with Gasteiger partial charge in [0.25, 0.3) is 0 Å². The molecule has 0 spiro atoms. The van der Waals surface area contributed by atoms with Gasteiger partial charge in [-0.05, 0) is 54.8 Å². The first-order valence-corrected chi connectivity index (χ1v) is 17.0. The van der Waals surface area contributed by atoms with E-state index in [1.165, 1.54) is 23.5 Å². The van der Waals surface area contributed by atoms with E-state index in [1.54, 1.807) is 20.8 Å². The molecule has 3 fully saturated rings. The first kappa shape index (κ1) is 36.7. The predicted molar refractivity (Wildman–Crippen MR) is 169 cm³/mol. The number of aliphatic hydroxyl groups is 1. The number of likely N-dealkylation sites (tertiary alicyclic amines) is 1. The van der Waals surface area contributed by atoms with Gasteiger partial charge in [-0.15, -0.1) is 0 Å². The van der Waals surface area contributed by atoms with Gasteiger partial charge in [-0.1, -0.05) is 41.0 Å². The van der Waals surface area contributed by atoms with Crippen molar-refractivity contribution >= 4 is 29.2 Å². The molecule has 3 unspecified atom stereocenters. The highest BCUT2D eigenvalue weighted by atomic mass is 19.3. The van der Waals surface area contributed by atoms with Gasteiger partial charge in [0.05, 0.1) is 12.2 Å². The van der Waals surface area contributed by atoms with Crippen LogP contribution in [-0.4, -0.2) is 80.3 Å². The Morgan fingerprint density at radius 3 is 2.32 bits per heavy atom. The molecule has 2 saturated carbocycles. The predicted octanol–water partition coefficient (Wildman–Crippen LogP) is 4.44. The molecule has 1 aromatic heterocycles. The quantitative estimate of drug-likeness (QED) is 0.248. The Morgan fingerprint density at radius 1 is 1.04 bits per heavy atom. The lowest BCUT2D eigenvalue weighted by Crippen LogP contribution is -2.58. The van der Waals surface area contributed by atoms with Gasteiger partial charge >= 0.3 is 0 Å². The Morgan fingerprint density at radius 2 is 1.74 bits per heavy atom. The van der Waals surface area contributed by atoms with E-state index < -0.39 is 78.1 Å². The van der Waals surface area contributed by atoms with Crippen molar-refractivity contribution in [3.8, 4) is 0 Å². The van der Waals surface area contributed by atoms with Crippen LogP contribution in [0.5, 0.6) is 0 Å². The van der Waals surface area contributed by atoms with Gasteiger partial charge in [-0.25, -0.2) is 13.8 Å². The molecule has 0 bridgehead atoms. The largest absolute Gasteiger partial charge is 0.385 e. The van der Waals surface area contributed by atoms with Crippen LogP contribution in [0.1, 0.15) is 103 Å². The normalized spacial score (nSPS) is 23.7. The SMILES string of the molecule is CC(C)[C@H](CC(=O)c1cnccn1)C(=O)N[C@H](C(=O)N1C[C@@H]2CCC[C@@H]2C1C(=O)CC(CC(F)F)C(O)C(=O)CC1CC1)C(C)(C)C. The van der Waals surface area contributed by atoms with E-state index in [-0.39, 0.29) is 48.0 Å². The van der Waals surface area contributed by atoms with E-state index in [9.17, 15) is 37.9 Å². The summed E-state index contributed by atoms with van der Waals surface area (Å²) in [6, 6.07) is -1.94. The highest BCUT2D eigenvalue weighted by Gasteiger charge is 2.52. The standard InChI is InChI=1S/C35H50F2N4O6/c1-19(2)24(16-26(42)25-17-38-11-12-39-25)33(46)40-32(35(3,4)5)34(47)41-18-21-7-6-8-23(21)30(41)27(43)14-22(15-29(36)37)31(45)28(44)13-20-9-10-20/h11-12,17,19-24,29-32,45H,6-10,13-16,18H2,1-5H3,(H,40,46)/t21-,22?,23-,24-,30?,31?,32+/m0/s1. The van der Waals surface area contributed by atoms with E-state index in [1.807, 2.05) is 13.8 Å². The molecule has 0 radical (unpaired) electrons. The number of halogens is 2. The van der Waals surface area contributed by atoms with E-state index >= 15 is 0 Å². The van der Waals surface area contributed by atoms with Crippen molar-refractivity contribution in [2.24, 2.45) is 40.9 Å². The number of alkyl halides is 2. The molecule has 2 N–H and O–H groups in total. The lowest BCUT2D eigenvalue weighted by atomic mass is 9.82. The number of rotatable bonds is 16. The van der Waals surface area contributed by atoms with Crippen molar-refractivity contribution in [3.63, 3.8) is 0 Å². The molecule has 2 heterocycles. The summed E-state index contributed by atoms with van der Waals surface area (Å²) in [6.07, 6.45) is 2.57. The van der Waals surface area contributed by atoms with Gasteiger partial charge in [-0.3, -0.25) is 29.0 Å². The first-order valence-electron chi connectivity index (χ1n) is 17.0. The Kier molecular flexibility index (Phi) is 12.0. The second-order valence-electron chi connectivity index (χ2n) is 15.3. The monoisotopic (exact) mass is 660 g/mol. The van der Waals surface area contributed by atoms with Crippen LogP contribution >= 0.6 is 0 Å². The Bertz CT molecular complexity index is 1300. The fourth-order valence-corrected chi connectivity index (χ4v) is 7.31. The van der Waals surface area contributed by atoms with Crippen LogP contribution in [0, 0.1) is 40.9 Å². The van der Waals surface area contributed by atoms with Crippen molar-refractivity contribution in [2.75, 3.05) is 6.54 Å². The van der Waals surface area contributed by atoms with E-state index in [0.29, 0.717) is 13.0 Å². The van der Waals surface area contributed by atoms with Crippen LogP contribution < -0.4 is 5.32 Å². The molecule has 4 rings (SSSR count). The number of nitrogens with zero attached hydrogens (tertiary/aromatic N) is 3. The second-order valence-corrected chi connectivity index (χ2v) is 15.3. The van der Waals surface area contributed by atoms with Gasteiger partial charge in [0, 0.05) is 56.5 Å². The van der Waals surface area contributed by atoms with Crippen molar-refractivity contribution in [1.29, 1.82) is 0 Å². The molecule has 0 aromatic carbocycles. The summed E-state index contributed by atoms with van der Waals surface area (Å²) < 4.78 is 27.2. The zero-order valence-electron chi connectivity index (χ0n) is 28.2. The topological polar surface area (TPSA) is 147 Å². The molecule has 1 saturated heterocycles. The lowest BCUT2D eigenvalue weighted by molar-refractivity contribution is -0.145. The molecular weight excluding hydrogens is 610 g/mol. The summed E-state index contributed by atoms with van der Waals surface area (Å²) in [5.74, 6) is -4.43. The molecule has 2 amide bonds. The number of amides is 2. The summed E-state index contributed by atoms with van der Waals surface area (Å²) >= 11 is 0. The number of carbonyl (C=O) groups is 5. The van der Waals surface area contributed by atoms with Crippen molar-refractivity contribution in [1.82, 2.24) is 20.2 Å². The number of hydrogen-bond acceptors (Lipinski definition) is 8. The molecule has 7 atom stereocenters. The number of aliphatic hydroxyl groups excluding tert-OH is 1. The molecule has 3 aliphatic rings. The number of hydrogen-bond donors (Lipinski definition) is 2. The summed E-state index contributed by atoms with van der Waals surface area (Å²) in [4.78, 5) is 77.2. The average Bonchev–Trinajstić information content (AvgIpc) is 3.57. The molecule has 260 valence electrons. The minimum Gasteiger partial charge on any atom is -0.385 e. The summed E-state index contributed by atoms with van der Waals surface area (Å²) in [7, 11) is 0. The second kappa shape index (κ2) is 15.4. The minimum atomic E-state index is -2.81. The fourth-order valence-electron chi connectivity index (χ4n) is 7.31. The maximum Gasteiger partial charge on any atom is 0.246 e. The van der Waals surface area contributed by atoms with Crippen molar-refractivity contribution < 1.29 is 37.9 Å². The molecule has 2 aliphatic carbocycles. The molecule has 12 heteroatoms. The van der Waals surface area contributed by atoms with E-state index in [0.717, 1.165) is 25.7 Å². The number of fused-ring (bicyclic) bond motifs is 1. The third kappa shape index (κ3) is 9.27. The first-order chi connectivity index (χ1) is 22.1. The highest BCUT2D eigenvalue weighted by molar-refractivity contribution is 5.98. The van der Waals surface area contributed by atoms with Crippen LogP contribution in [0.15, 0.2) is 18.6 Å².